The SMILES string of the molecule is O=C(Nc1ccc(F)cc1)Nc1cc(Br)cc(C(=O)O)c1. The first-order valence-corrected chi connectivity index (χ1v) is 6.61. The second-order valence-corrected chi connectivity index (χ2v) is 5.04. The Morgan fingerprint density at radius 1 is 1.00 bits per heavy atom. The first-order valence-electron chi connectivity index (χ1n) is 5.81. The minimum Gasteiger partial charge on any atom is -0.478 e. The van der Waals surface area contributed by atoms with Crippen LogP contribution >= 0.6 is 15.9 Å². The van der Waals surface area contributed by atoms with E-state index in [4.69, 9.17) is 5.11 Å². The van der Waals surface area contributed by atoms with Crippen molar-refractivity contribution in [3.8, 4) is 0 Å². The molecule has 0 bridgehead atoms. The molecule has 2 aromatic carbocycles. The molecular weight excluding hydrogens is 343 g/mol. The second-order valence-electron chi connectivity index (χ2n) is 4.12. The monoisotopic (exact) mass is 352 g/mol. The van der Waals surface area contributed by atoms with Gasteiger partial charge in [0.1, 0.15) is 5.82 Å². The number of anilines is 2. The number of benzene rings is 2. The van der Waals surface area contributed by atoms with Gasteiger partial charge in [0.05, 0.1) is 5.56 Å². The molecule has 0 aliphatic carbocycles. The Morgan fingerprint density at radius 2 is 1.62 bits per heavy atom. The van der Waals surface area contributed by atoms with Crippen LogP contribution in [0.4, 0.5) is 20.6 Å². The Kier molecular flexibility index (Phi) is 4.54. The van der Waals surface area contributed by atoms with Crippen molar-refractivity contribution in [3.05, 3.63) is 58.3 Å². The van der Waals surface area contributed by atoms with Gasteiger partial charge in [-0.2, -0.15) is 0 Å². The molecule has 3 N–H and O–H groups in total. The predicted octanol–water partition coefficient (Wildman–Crippen LogP) is 3.93. The van der Waals surface area contributed by atoms with Gasteiger partial charge in [-0.05, 0) is 42.5 Å². The van der Waals surface area contributed by atoms with Crippen molar-refractivity contribution in [2.24, 2.45) is 0 Å². The van der Waals surface area contributed by atoms with Gasteiger partial charge in [0.25, 0.3) is 0 Å². The molecule has 2 aromatic rings. The molecule has 0 spiro atoms. The zero-order chi connectivity index (χ0) is 15.4. The molecule has 0 radical (unpaired) electrons. The predicted molar refractivity (Wildman–Crippen MR) is 80.1 cm³/mol. The lowest BCUT2D eigenvalue weighted by Gasteiger charge is -2.09. The molecule has 0 unspecified atom stereocenters. The normalized spacial score (nSPS) is 10.0. The van der Waals surface area contributed by atoms with E-state index in [-0.39, 0.29) is 5.56 Å². The molecule has 0 fully saturated rings. The molecule has 0 aliphatic rings. The Labute approximate surface area is 127 Å². The van der Waals surface area contributed by atoms with Crippen LogP contribution in [0, 0.1) is 5.82 Å². The highest BCUT2D eigenvalue weighted by atomic mass is 79.9. The van der Waals surface area contributed by atoms with Crippen molar-refractivity contribution in [3.63, 3.8) is 0 Å². The van der Waals surface area contributed by atoms with Crippen molar-refractivity contribution in [1.82, 2.24) is 0 Å². The summed E-state index contributed by atoms with van der Waals surface area (Å²) in [7, 11) is 0. The number of aromatic carboxylic acids is 1. The second kappa shape index (κ2) is 6.36. The number of halogens is 2. The Balaban J connectivity index is 2.09. The first kappa shape index (κ1) is 15.0. The van der Waals surface area contributed by atoms with Gasteiger partial charge >= 0.3 is 12.0 Å². The standard InChI is InChI=1S/C14H10BrFN2O3/c15-9-5-8(13(19)20)6-12(7-9)18-14(21)17-11-3-1-10(16)2-4-11/h1-7H,(H,19,20)(H2,17,18,21). The van der Waals surface area contributed by atoms with E-state index in [9.17, 15) is 14.0 Å². The number of carboxylic acid groups (broad SMARTS) is 1. The summed E-state index contributed by atoms with van der Waals surface area (Å²) in [5, 5.41) is 14.0. The quantitative estimate of drug-likeness (QED) is 0.782. The molecule has 2 amide bonds. The number of carbonyl (C=O) groups excluding carboxylic acids is 1. The molecular formula is C14H10BrFN2O3. The zero-order valence-electron chi connectivity index (χ0n) is 10.6. The Morgan fingerprint density at radius 3 is 2.24 bits per heavy atom. The van der Waals surface area contributed by atoms with Crippen molar-refractivity contribution in [2.45, 2.75) is 0 Å². The number of rotatable bonds is 3. The number of nitrogens with one attached hydrogen (secondary N) is 2. The third-order valence-corrected chi connectivity index (χ3v) is 2.96. The molecule has 108 valence electrons. The van der Waals surface area contributed by atoms with Gasteiger partial charge < -0.3 is 15.7 Å². The topological polar surface area (TPSA) is 78.4 Å². The number of carboxylic acids is 1. The van der Waals surface area contributed by atoms with Crippen LogP contribution in [0.3, 0.4) is 0 Å². The summed E-state index contributed by atoms with van der Waals surface area (Å²) >= 11 is 3.17. The fourth-order valence-electron chi connectivity index (χ4n) is 1.61. The van der Waals surface area contributed by atoms with Gasteiger partial charge in [-0.15, -0.1) is 0 Å². The van der Waals surface area contributed by atoms with Gasteiger partial charge in [0.15, 0.2) is 0 Å². The number of urea groups is 1. The van der Waals surface area contributed by atoms with Gasteiger partial charge in [-0.25, -0.2) is 14.0 Å². The minimum absolute atomic E-state index is 0.0430. The van der Waals surface area contributed by atoms with Crippen LogP contribution in [0.25, 0.3) is 0 Å². The van der Waals surface area contributed by atoms with Crippen molar-refractivity contribution in [1.29, 1.82) is 0 Å². The number of hydrogen-bond donors (Lipinski definition) is 3. The van der Waals surface area contributed by atoms with E-state index in [2.05, 4.69) is 26.6 Å². The molecule has 21 heavy (non-hydrogen) atoms. The molecule has 0 saturated carbocycles. The van der Waals surface area contributed by atoms with E-state index < -0.39 is 17.8 Å². The summed E-state index contributed by atoms with van der Waals surface area (Å²) in [4.78, 5) is 22.7. The zero-order valence-corrected chi connectivity index (χ0v) is 12.1. The Hall–Kier alpha value is -2.41. The van der Waals surface area contributed by atoms with Gasteiger partial charge in [0, 0.05) is 15.8 Å². The van der Waals surface area contributed by atoms with Crippen LogP contribution in [0.5, 0.6) is 0 Å². The van der Waals surface area contributed by atoms with E-state index in [1.807, 2.05) is 0 Å². The number of carbonyl (C=O) groups is 2. The Bertz CT molecular complexity index is 689. The summed E-state index contributed by atoms with van der Waals surface area (Å²) in [6, 6.07) is 9.03. The highest BCUT2D eigenvalue weighted by Gasteiger charge is 2.08. The lowest BCUT2D eigenvalue weighted by atomic mass is 10.2. The lowest BCUT2D eigenvalue weighted by molar-refractivity contribution is 0.0697. The third kappa shape index (κ3) is 4.28. The van der Waals surface area contributed by atoms with E-state index >= 15 is 0 Å². The smallest absolute Gasteiger partial charge is 0.335 e. The van der Waals surface area contributed by atoms with Crippen LogP contribution in [-0.2, 0) is 0 Å². The fourth-order valence-corrected chi connectivity index (χ4v) is 2.11. The number of amides is 2. The largest absolute Gasteiger partial charge is 0.478 e. The third-order valence-electron chi connectivity index (χ3n) is 2.50. The summed E-state index contributed by atoms with van der Waals surface area (Å²) in [6.45, 7) is 0. The van der Waals surface area contributed by atoms with Crippen LogP contribution < -0.4 is 10.6 Å². The van der Waals surface area contributed by atoms with Gasteiger partial charge in [0.2, 0.25) is 0 Å². The van der Waals surface area contributed by atoms with Crippen molar-refractivity contribution >= 4 is 39.3 Å². The van der Waals surface area contributed by atoms with E-state index in [0.29, 0.717) is 15.8 Å². The summed E-state index contributed by atoms with van der Waals surface area (Å²) in [5.41, 5.74) is 0.783. The molecule has 0 aliphatic heterocycles. The van der Waals surface area contributed by atoms with E-state index in [1.165, 1.54) is 36.4 Å². The summed E-state index contributed by atoms with van der Waals surface area (Å²) < 4.78 is 13.3. The van der Waals surface area contributed by atoms with Crippen LogP contribution in [0.15, 0.2) is 46.9 Å². The summed E-state index contributed by atoms with van der Waals surface area (Å²) in [5.74, 6) is -1.50. The average Bonchev–Trinajstić information content (AvgIpc) is 2.40. The maximum Gasteiger partial charge on any atom is 0.335 e. The highest BCUT2D eigenvalue weighted by Crippen LogP contribution is 2.20. The molecule has 7 heteroatoms. The molecule has 0 saturated heterocycles. The van der Waals surface area contributed by atoms with E-state index in [1.54, 1.807) is 6.07 Å². The molecule has 0 atom stereocenters. The van der Waals surface area contributed by atoms with Crippen LogP contribution in [-0.4, -0.2) is 17.1 Å². The molecule has 0 heterocycles. The fraction of sp³-hybridized carbons (Fsp3) is 0. The van der Waals surface area contributed by atoms with Crippen molar-refractivity contribution < 1.29 is 19.1 Å². The van der Waals surface area contributed by atoms with Gasteiger partial charge in [-0.3, -0.25) is 0 Å². The number of hydrogen-bond acceptors (Lipinski definition) is 2. The van der Waals surface area contributed by atoms with Crippen molar-refractivity contribution in [2.75, 3.05) is 10.6 Å². The van der Waals surface area contributed by atoms with Gasteiger partial charge in [-0.1, -0.05) is 15.9 Å². The molecule has 5 nitrogen and oxygen atoms in total. The minimum atomic E-state index is -1.10. The van der Waals surface area contributed by atoms with Crippen LogP contribution in [0.2, 0.25) is 0 Å². The highest BCUT2D eigenvalue weighted by molar-refractivity contribution is 9.10. The lowest BCUT2D eigenvalue weighted by Crippen LogP contribution is -2.19. The average molecular weight is 353 g/mol. The maximum atomic E-state index is 12.7. The van der Waals surface area contributed by atoms with E-state index in [0.717, 1.165) is 0 Å². The first-order chi connectivity index (χ1) is 9.94. The van der Waals surface area contributed by atoms with Crippen LogP contribution in [0.1, 0.15) is 10.4 Å². The molecule has 2 rings (SSSR count). The summed E-state index contributed by atoms with van der Waals surface area (Å²) in [6.07, 6.45) is 0. The molecule has 0 aromatic heterocycles. The maximum absolute atomic E-state index is 12.7.